The molecule has 2 nitrogen and oxygen atoms in total. The number of aliphatic hydroxyl groups excluding tert-OH is 1. The summed E-state index contributed by atoms with van der Waals surface area (Å²) in [6.07, 6.45) is 3.20. The second-order valence-corrected chi connectivity index (χ2v) is 4.41. The molecule has 0 aliphatic rings. The third-order valence-electron chi connectivity index (χ3n) is 2.80. The van der Waals surface area contributed by atoms with Gasteiger partial charge in [-0.3, -0.25) is 0 Å². The van der Waals surface area contributed by atoms with Gasteiger partial charge < -0.3 is 5.11 Å². The van der Waals surface area contributed by atoms with Crippen LogP contribution in [0.1, 0.15) is 18.1 Å². The first-order valence-electron chi connectivity index (χ1n) is 6.16. The molecule has 0 aromatic heterocycles. The first-order chi connectivity index (χ1) is 9.19. The number of rotatable bonds is 3. The van der Waals surface area contributed by atoms with Crippen molar-refractivity contribution in [3.63, 3.8) is 0 Å². The summed E-state index contributed by atoms with van der Waals surface area (Å²) in [5.41, 5.74) is 3.88. The molecule has 94 valence electrons. The highest BCUT2D eigenvalue weighted by Gasteiger charge is 1.99. The van der Waals surface area contributed by atoms with Crippen molar-refractivity contribution in [2.45, 2.75) is 13.0 Å². The fraction of sp³-hybridized carbons (Fsp3) is 0.118. The molecule has 0 spiro atoms. The van der Waals surface area contributed by atoms with Crippen LogP contribution in [-0.4, -0.2) is 11.2 Å². The molecule has 1 atom stereocenters. The van der Waals surface area contributed by atoms with E-state index in [1.807, 2.05) is 48.5 Å². The van der Waals surface area contributed by atoms with Gasteiger partial charge in [-0.15, -0.1) is 0 Å². The molecule has 0 aliphatic heterocycles. The maximum absolute atomic E-state index is 9.24. The van der Waals surface area contributed by atoms with Gasteiger partial charge in [0.1, 0.15) is 0 Å². The Labute approximate surface area is 113 Å². The predicted octanol–water partition coefficient (Wildman–Crippen LogP) is 3.62. The number of nitrogens with zero attached hydrogens (tertiary/aromatic N) is 1. The minimum absolute atomic E-state index is 0.446. The first-order valence-corrected chi connectivity index (χ1v) is 6.16. The SMILES string of the molecule is C[C@H](O)/C=C/c1cccc(-c2ccc(C#N)cc2)c1. The van der Waals surface area contributed by atoms with Gasteiger partial charge in [0.05, 0.1) is 17.7 Å². The van der Waals surface area contributed by atoms with Crippen molar-refractivity contribution < 1.29 is 5.11 Å². The normalized spacial score (nSPS) is 12.3. The largest absolute Gasteiger partial charge is 0.389 e. The molecule has 0 bridgehead atoms. The van der Waals surface area contributed by atoms with Crippen LogP contribution in [0, 0.1) is 11.3 Å². The van der Waals surface area contributed by atoms with Gasteiger partial charge in [0.2, 0.25) is 0 Å². The number of hydrogen-bond acceptors (Lipinski definition) is 2. The van der Waals surface area contributed by atoms with Crippen LogP contribution in [0.15, 0.2) is 54.6 Å². The van der Waals surface area contributed by atoms with E-state index in [0.29, 0.717) is 5.56 Å². The Kier molecular flexibility index (Phi) is 4.12. The molecule has 0 aliphatic carbocycles. The number of hydrogen-bond donors (Lipinski definition) is 1. The molecule has 2 heteroatoms. The van der Waals surface area contributed by atoms with Crippen LogP contribution in [0.3, 0.4) is 0 Å². The summed E-state index contributed by atoms with van der Waals surface area (Å²) in [5.74, 6) is 0. The lowest BCUT2D eigenvalue weighted by molar-refractivity contribution is 0.245. The standard InChI is InChI=1S/C17H15NO/c1-13(19)5-6-14-3-2-4-17(11-14)16-9-7-15(12-18)8-10-16/h2-11,13,19H,1H3/b6-5+/t13-/m0/s1. The number of nitriles is 1. The highest BCUT2D eigenvalue weighted by molar-refractivity contribution is 5.68. The molecule has 1 N–H and O–H groups in total. The maximum Gasteiger partial charge on any atom is 0.0991 e. The highest BCUT2D eigenvalue weighted by atomic mass is 16.3. The zero-order valence-corrected chi connectivity index (χ0v) is 10.7. The van der Waals surface area contributed by atoms with Gasteiger partial charge in [-0.25, -0.2) is 0 Å². The molecular weight excluding hydrogens is 234 g/mol. The summed E-state index contributed by atoms with van der Waals surface area (Å²) in [6.45, 7) is 1.72. The van der Waals surface area contributed by atoms with Crippen molar-refractivity contribution in [3.8, 4) is 17.2 Å². The summed E-state index contributed by atoms with van der Waals surface area (Å²) in [5, 5.41) is 18.0. The molecular formula is C17H15NO. The molecule has 19 heavy (non-hydrogen) atoms. The summed E-state index contributed by atoms with van der Waals surface area (Å²) >= 11 is 0. The predicted molar refractivity (Wildman–Crippen MR) is 77.3 cm³/mol. The minimum Gasteiger partial charge on any atom is -0.389 e. The smallest absolute Gasteiger partial charge is 0.0991 e. The molecule has 2 aromatic rings. The third kappa shape index (κ3) is 3.54. The molecule has 0 saturated heterocycles. The summed E-state index contributed by atoms with van der Waals surface area (Å²) < 4.78 is 0. The van der Waals surface area contributed by atoms with Gasteiger partial charge in [-0.1, -0.05) is 42.5 Å². The molecule has 0 radical (unpaired) electrons. The van der Waals surface area contributed by atoms with Crippen LogP contribution in [0.5, 0.6) is 0 Å². The Balaban J connectivity index is 2.30. The number of benzene rings is 2. The summed E-state index contributed by atoms with van der Waals surface area (Å²) in [4.78, 5) is 0. The van der Waals surface area contributed by atoms with Gasteiger partial charge in [-0.05, 0) is 41.8 Å². The quantitative estimate of drug-likeness (QED) is 0.902. The average Bonchev–Trinajstić information content (AvgIpc) is 2.45. The Morgan fingerprint density at radius 2 is 1.84 bits per heavy atom. The van der Waals surface area contributed by atoms with Crippen LogP contribution in [-0.2, 0) is 0 Å². The zero-order valence-electron chi connectivity index (χ0n) is 10.7. The lowest BCUT2D eigenvalue weighted by Crippen LogP contribution is -1.91. The van der Waals surface area contributed by atoms with Crippen LogP contribution in [0.25, 0.3) is 17.2 Å². The van der Waals surface area contributed by atoms with Crippen LogP contribution in [0.2, 0.25) is 0 Å². The van der Waals surface area contributed by atoms with Crippen molar-refractivity contribution in [2.24, 2.45) is 0 Å². The molecule has 2 rings (SSSR count). The lowest BCUT2D eigenvalue weighted by Gasteiger charge is -2.03. The lowest BCUT2D eigenvalue weighted by atomic mass is 10.0. The summed E-state index contributed by atoms with van der Waals surface area (Å²) in [7, 11) is 0. The van der Waals surface area contributed by atoms with Gasteiger partial charge in [0.25, 0.3) is 0 Å². The maximum atomic E-state index is 9.24. The van der Waals surface area contributed by atoms with E-state index in [2.05, 4.69) is 12.1 Å². The van der Waals surface area contributed by atoms with Crippen molar-refractivity contribution in [1.82, 2.24) is 0 Å². The van der Waals surface area contributed by atoms with E-state index in [-0.39, 0.29) is 0 Å². The van der Waals surface area contributed by atoms with Crippen LogP contribution >= 0.6 is 0 Å². The monoisotopic (exact) mass is 249 g/mol. The van der Waals surface area contributed by atoms with E-state index in [0.717, 1.165) is 16.7 Å². The van der Waals surface area contributed by atoms with Crippen molar-refractivity contribution in [1.29, 1.82) is 5.26 Å². The second kappa shape index (κ2) is 5.99. The van der Waals surface area contributed by atoms with Gasteiger partial charge in [0.15, 0.2) is 0 Å². The minimum atomic E-state index is -0.446. The Morgan fingerprint density at radius 3 is 2.47 bits per heavy atom. The molecule has 0 fully saturated rings. The Hall–Kier alpha value is -2.37. The Morgan fingerprint density at radius 1 is 1.11 bits per heavy atom. The van der Waals surface area contributed by atoms with Crippen molar-refractivity contribution >= 4 is 6.08 Å². The molecule has 2 aromatic carbocycles. The van der Waals surface area contributed by atoms with Crippen LogP contribution < -0.4 is 0 Å². The number of aliphatic hydroxyl groups is 1. The van der Waals surface area contributed by atoms with Crippen LogP contribution in [0.4, 0.5) is 0 Å². The third-order valence-corrected chi connectivity index (χ3v) is 2.80. The molecule has 0 heterocycles. The van der Waals surface area contributed by atoms with Gasteiger partial charge >= 0.3 is 0 Å². The molecule has 0 saturated carbocycles. The van der Waals surface area contributed by atoms with E-state index < -0.39 is 6.10 Å². The van der Waals surface area contributed by atoms with E-state index in [9.17, 15) is 5.11 Å². The average molecular weight is 249 g/mol. The zero-order chi connectivity index (χ0) is 13.7. The molecule has 0 amide bonds. The molecule has 0 unspecified atom stereocenters. The van der Waals surface area contributed by atoms with Gasteiger partial charge in [-0.2, -0.15) is 5.26 Å². The van der Waals surface area contributed by atoms with Gasteiger partial charge in [0, 0.05) is 0 Å². The van der Waals surface area contributed by atoms with Crippen molar-refractivity contribution in [3.05, 3.63) is 65.7 Å². The summed E-state index contributed by atoms with van der Waals surface area (Å²) in [6, 6.07) is 17.7. The fourth-order valence-electron chi connectivity index (χ4n) is 1.81. The second-order valence-electron chi connectivity index (χ2n) is 4.41. The topological polar surface area (TPSA) is 44.0 Å². The highest BCUT2D eigenvalue weighted by Crippen LogP contribution is 2.21. The van der Waals surface area contributed by atoms with E-state index >= 15 is 0 Å². The van der Waals surface area contributed by atoms with Crippen molar-refractivity contribution in [2.75, 3.05) is 0 Å². The fourth-order valence-corrected chi connectivity index (χ4v) is 1.81. The first kappa shape index (κ1) is 13.1. The van der Waals surface area contributed by atoms with E-state index in [1.54, 1.807) is 13.0 Å². The van der Waals surface area contributed by atoms with E-state index in [4.69, 9.17) is 5.26 Å². The Bertz CT molecular complexity index is 618. The van der Waals surface area contributed by atoms with E-state index in [1.165, 1.54) is 0 Å².